The summed E-state index contributed by atoms with van der Waals surface area (Å²) < 4.78 is 17.6. The number of halogens is 1. The number of guanidine groups is 1. The Balaban J connectivity index is 1.67. The summed E-state index contributed by atoms with van der Waals surface area (Å²) in [5.41, 5.74) is 0.800. The van der Waals surface area contributed by atoms with Gasteiger partial charge in [-0.2, -0.15) is 0 Å². The maximum absolute atomic E-state index is 12.8. The number of thioether (sulfide) groups is 1. The van der Waals surface area contributed by atoms with E-state index < -0.39 is 0 Å². The third-order valence-corrected chi connectivity index (χ3v) is 4.03. The molecule has 0 radical (unpaired) electrons. The molecule has 0 bridgehead atoms. The molecule has 1 aromatic carbocycles. The molecule has 0 unspecified atom stereocenters. The second-order valence-electron chi connectivity index (χ2n) is 4.77. The van der Waals surface area contributed by atoms with Crippen molar-refractivity contribution < 1.29 is 8.91 Å². The Bertz CT molecular complexity index is 587. The maximum atomic E-state index is 12.8. The molecular formula is C16H21FN4OS. The zero-order valence-corrected chi connectivity index (χ0v) is 13.9. The van der Waals surface area contributed by atoms with Crippen LogP contribution in [0, 0.1) is 5.82 Å². The van der Waals surface area contributed by atoms with Crippen molar-refractivity contribution in [2.45, 2.75) is 24.8 Å². The summed E-state index contributed by atoms with van der Waals surface area (Å²) in [5.74, 6) is 1.53. The van der Waals surface area contributed by atoms with E-state index in [0.29, 0.717) is 6.54 Å². The van der Waals surface area contributed by atoms with Gasteiger partial charge in [0.2, 0.25) is 0 Å². The van der Waals surface area contributed by atoms with Gasteiger partial charge in [-0.1, -0.05) is 5.16 Å². The molecule has 2 rings (SSSR count). The fourth-order valence-corrected chi connectivity index (χ4v) is 2.67. The van der Waals surface area contributed by atoms with E-state index in [9.17, 15) is 4.39 Å². The van der Waals surface area contributed by atoms with Gasteiger partial charge >= 0.3 is 0 Å². The van der Waals surface area contributed by atoms with Crippen LogP contribution in [0.5, 0.6) is 0 Å². The highest BCUT2D eigenvalue weighted by Crippen LogP contribution is 2.18. The number of hydrogen-bond donors (Lipinski definition) is 2. The highest BCUT2D eigenvalue weighted by atomic mass is 32.2. The minimum Gasteiger partial charge on any atom is -0.364 e. The van der Waals surface area contributed by atoms with E-state index in [1.54, 1.807) is 30.0 Å². The van der Waals surface area contributed by atoms with Crippen molar-refractivity contribution in [3.05, 3.63) is 48.1 Å². The second kappa shape index (κ2) is 9.89. The van der Waals surface area contributed by atoms with Crippen molar-refractivity contribution in [2.24, 2.45) is 4.99 Å². The molecule has 0 spiro atoms. The van der Waals surface area contributed by atoms with Gasteiger partial charge in [-0.05, 0) is 43.4 Å². The largest absolute Gasteiger partial charge is 0.364 e. The highest BCUT2D eigenvalue weighted by molar-refractivity contribution is 7.99. The molecule has 0 aliphatic rings. The number of benzene rings is 1. The first-order chi connectivity index (χ1) is 11.3. The molecule has 5 nitrogen and oxygen atoms in total. The Morgan fingerprint density at radius 1 is 1.26 bits per heavy atom. The fourth-order valence-electron chi connectivity index (χ4n) is 1.82. The average Bonchev–Trinajstić information content (AvgIpc) is 3.07. The first-order valence-corrected chi connectivity index (χ1v) is 8.56. The van der Waals surface area contributed by atoms with Gasteiger partial charge in [0.1, 0.15) is 17.8 Å². The molecule has 0 atom stereocenters. The van der Waals surface area contributed by atoms with Gasteiger partial charge in [0.05, 0.1) is 6.54 Å². The Hall–Kier alpha value is -2.02. The molecule has 0 amide bonds. The first kappa shape index (κ1) is 17.3. The van der Waals surface area contributed by atoms with Crippen LogP contribution in [0.25, 0.3) is 0 Å². The maximum Gasteiger partial charge on any atom is 0.191 e. The normalized spacial score (nSPS) is 11.5. The van der Waals surface area contributed by atoms with Crippen LogP contribution in [-0.2, 0) is 6.54 Å². The van der Waals surface area contributed by atoms with Crippen molar-refractivity contribution in [3.8, 4) is 0 Å². The van der Waals surface area contributed by atoms with Crippen LogP contribution < -0.4 is 10.6 Å². The predicted molar refractivity (Wildman–Crippen MR) is 91.1 cm³/mol. The van der Waals surface area contributed by atoms with Crippen molar-refractivity contribution in [1.82, 2.24) is 15.8 Å². The highest BCUT2D eigenvalue weighted by Gasteiger charge is 2.00. The lowest BCUT2D eigenvalue weighted by molar-refractivity contribution is 0.412. The van der Waals surface area contributed by atoms with Crippen molar-refractivity contribution >= 4 is 17.7 Å². The minimum atomic E-state index is -0.199. The molecule has 0 aliphatic carbocycles. The van der Waals surface area contributed by atoms with E-state index in [1.165, 1.54) is 18.4 Å². The molecule has 0 saturated carbocycles. The topological polar surface area (TPSA) is 62.5 Å². The van der Waals surface area contributed by atoms with Crippen LogP contribution in [0.4, 0.5) is 4.39 Å². The zero-order valence-electron chi connectivity index (χ0n) is 13.1. The van der Waals surface area contributed by atoms with E-state index in [0.717, 1.165) is 41.8 Å². The van der Waals surface area contributed by atoms with Gasteiger partial charge in [0.15, 0.2) is 5.96 Å². The SMILES string of the molecule is CCNC(=NCc1ccon1)NCCCSc1ccc(F)cc1. The quantitative estimate of drug-likeness (QED) is 0.336. The summed E-state index contributed by atoms with van der Waals surface area (Å²) >= 11 is 1.72. The van der Waals surface area contributed by atoms with Crippen LogP contribution in [0.2, 0.25) is 0 Å². The molecule has 2 aromatic rings. The third-order valence-electron chi connectivity index (χ3n) is 2.93. The number of aromatic nitrogens is 1. The molecule has 0 aliphatic heterocycles. The average molecular weight is 336 g/mol. The zero-order chi connectivity index (χ0) is 16.3. The molecule has 7 heteroatoms. The van der Waals surface area contributed by atoms with Crippen LogP contribution in [-0.4, -0.2) is 30.0 Å². The van der Waals surface area contributed by atoms with E-state index in [-0.39, 0.29) is 5.82 Å². The lowest BCUT2D eigenvalue weighted by Crippen LogP contribution is -2.37. The molecule has 0 saturated heterocycles. The van der Waals surface area contributed by atoms with Crippen LogP contribution in [0.15, 0.2) is 51.0 Å². The lowest BCUT2D eigenvalue weighted by atomic mass is 10.4. The summed E-state index contributed by atoms with van der Waals surface area (Å²) in [6, 6.07) is 8.38. The van der Waals surface area contributed by atoms with E-state index in [4.69, 9.17) is 4.52 Å². The monoisotopic (exact) mass is 336 g/mol. The van der Waals surface area contributed by atoms with Gasteiger partial charge in [0, 0.05) is 24.1 Å². The number of aliphatic imine (C=N–C) groups is 1. The third kappa shape index (κ3) is 6.73. The van der Waals surface area contributed by atoms with Crippen molar-refractivity contribution in [3.63, 3.8) is 0 Å². The number of nitrogens with zero attached hydrogens (tertiary/aromatic N) is 2. The first-order valence-electron chi connectivity index (χ1n) is 7.57. The van der Waals surface area contributed by atoms with Gasteiger partial charge in [-0.3, -0.25) is 0 Å². The van der Waals surface area contributed by atoms with Crippen molar-refractivity contribution in [1.29, 1.82) is 0 Å². The summed E-state index contributed by atoms with van der Waals surface area (Å²) in [6.07, 6.45) is 2.52. The van der Waals surface area contributed by atoms with Crippen LogP contribution in [0.1, 0.15) is 19.0 Å². The Morgan fingerprint density at radius 3 is 2.78 bits per heavy atom. The van der Waals surface area contributed by atoms with Gasteiger partial charge in [-0.25, -0.2) is 9.38 Å². The summed E-state index contributed by atoms with van der Waals surface area (Å²) in [7, 11) is 0. The number of rotatable bonds is 8. The second-order valence-corrected chi connectivity index (χ2v) is 5.94. The Labute approximate surface area is 139 Å². The molecule has 23 heavy (non-hydrogen) atoms. The molecule has 0 fully saturated rings. The van der Waals surface area contributed by atoms with Crippen LogP contribution in [0.3, 0.4) is 0 Å². The van der Waals surface area contributed by atoms with Gasteiger partial charge < -0.3 is 15.2 Å². The molecular weight excluding hydrogens is 315 g/mol. The Kier molecular flexibility index (Phi) is 7.45. The standard InChI is InChI=1S/C16H21FN4OS/c1-2-18-16(20-12-14-8-10-22-21-14)19-9-3-11-23-15-6-4-13(17)5-7-15/h4-8,10H,2-3,9,11-12H2,1H3,(H2,18,19,20). The molecule has 124 valence electrons. The van der Waals surface area contributed by atoms with E-state index in [2.05, 4.69) is 20.8 Å². The smallest absolute Gasteiger partial charge is 0.191 e. The molecule has 1 heterocycles. The van der Waals surface area contributed by atoms with Gasteiger partial charge in [-0.15, -0.1) is 11.8 Å². The lowest BCUT2D eigenvalue weighted by Gasteiger charge is -2.10. The predicted octanol–water partition coefficient (Wildman–Crippen LogP) is 3.05. The van der Waals surface area contributed by atoms with Crippen molar-refractivity contribution in [2.75, 3.05) is 18.8 Å². The summed E-state index contributed by atoms with van der Waals surface area (Å²) in [4.78, 5) is 5.53. The summed E-state index contributed by atoms with van der Waals surface area (Å²) in [5, 5.41) is 10.3. The minimum absolute atomic E-state index is 0.199. The number of nitrogens with one attached hydrogen (secondary N) is 2. The van der Waals surface area contributed by atoms with E-state index >= 15 is 0 Å². The Morgan fingerprint density at radius 2 is 2.09 bits per heavy atom. The molecule has 1 aromatic heterocycles. The van der Waals surface area contributed by atoms with Gasteiger partial charge in [0.25, 0.3) is 0 Å². The molecule has 2 N–H and O–H groups in total. The number of hydrogen-bond acceptors (Lipinski definition) is 4. The summed E-state index contributed by atoms with van der Waals surface area (Å²) in [6.45, 7) is 4.13. The van der Waals surface area contributed by atoms with Crippen LogP contribution >= 0.6 is 11.8 Å². The van der Waals surface area contributed by atoms with E-state index in [1.807, 2.05) is 6.92 Å². The fraction of sp³-hybridized carbons (Fsp3) is 0.375.